The molecule has 0 saturated heterocycles. The normalized spacial score (nSPS) is 10.7. The Balaban J connectivity index is 3.33. The van der Waals surface area contributed by atoms with Crippen LogP contribution in [0.25, 0.3) is 0 Å². The number of nitrogen functional groups attached to an aromatic ring is 1. The van der Waals surface area contributed by atoms with Crippen molar-refractivity contribution in [1.82, 2.24) is 0 Å². The van der Waals surface area contributed by atoms with E-state index in [9.17, 15) is 5.11 Å². The molecule has 2 heteroatoms. The molecule has 1 aromatic rings. The van der Waals surface area contributed by atoms with E-state index in [1.165, 1.54) is 0 Å². The molecule has 0 amide bonds. The third-order valence-corrected chi connectivity index (χ3v) is 2.06. The Hall–Kier alpha value is -1.18. The highest BCUT2D eigenvalue weighted by molar-refractivity contribution is 5.61. The van der Waals surface area contributed by atoms with Gasteiger partial charge in [-0.1, -0.05) is 19.9 Å². The highest BCUT2D eigenvalue weighted by Gasteiger charge is 2.10. The Labute approximate surface area is 73.0 Å². The van der Waals surface area contributed by atoms with E-state index in [0.717, 1.165) is 11.1 Å². The van der Waals surface area contributed by atoms with Crippen LogP contribution in [0.1, 0.15) is 30.9 Å². The van der Waals surface area contributed by atoms with Crippen molar-refractivity contribution in [3.8, 4) is 5.75 Å². The lowest BCUT2D eigenvalue weighted by Gasteiger charge is -2.13. The molecule has 1 rings (SSSR count). The average Bonchev–Trinajstić information content (AvgIpc) is 1.97. The van der Waals surface area contributed by atoms with Crippen LogP contribution < -0.4 is 5.73 Å². The molecule has 0 saturated carbocycles. The predicted molar refractivity (Wildman–Crippen MR) is 51.3 cm³/mol. The van der Waals surface area contributed by atoms with E-state index in [-0.39, 0.29) is 5.75 Å². The maximum atomic E-state index is 9.35. The van der Waals surface area contributed by atoms with E-state index >= 15 is 0 Å². The smallest absolute Gasteiger partial charge is 0.138 e. The highest BCUT2D eigenvalue weighted by Crippen LogP contribution is 2.32. The van der Waals surface area contributed by atoms with Gasteiger partial charge in [-0.15, -0.1) is 0 Å². The molecule has 0 radical (unpaired) electrons. The summed E-state index contributed by atoms with van der Waals surface area (Å²) in [6.45, 7) is 6.14. The summed E-state index contributed by atoms with van der Waals surface area (Å²) in [7, 11) is 0. The molecule has 0 bridgehead atoms. The van der Waals surface area contributed by atoms with Crippen molar-refractivity contribution in [2.75, 3.05) is 5.73 Å². The summed E-state index contributed by atoms with van der Waals surface area (Å²) in [5.41, 5.74) is 8.44. The van der Waals surface area contributed by atoms with Gasteiger partial charge in [0.05, 0.1) is 5.69 Å². The van der Waals surface area contributed by atoms with Crippen molar-refractivity contribution in [1.29, 1.82) is 0 Å². The molecule has 2 nitrogen and oxygen atoms in total. The number of aryl methyl sites for hydroxylation is 1. The molecule has 0 aliphatic heterocycles. The molecule has 0 unspecified atom stereocenters. The van der Waals surface area contributed by atoms with Gasteiger partial charge in [0.1, 0.15) is 5.75 Å². The predicted octanol–water partition coefficient (Wildman–Crippen LogP) is 2.41. The molecular weight excluding hydrogens is 150 g/mol. The summed E-state index contributed by atoms with van der Waals surface area (Å²) in [5, 5.41) is 9.35. The molecule has 0 aromatic heterocycles. The van der Waals surface area contributed by atoms with Crippen LogP contribution in [-0.4, -0.2) is 5.11 Å². The van der Waals surface area contributed by atoms with Gasteiger partial charge in [-0.2, -0.15) is 0 Å². The number of rotatable bonds is 1. The van der Waals surface area contributed by atoms with Crippen LogP contribution in [0.5, 0.6) is 5.75 Å². The number of hydrogen-bond donors (Lipinski definition) is 2. The summed E-state index contributed by atoms with van der Waals surface area (Å²) in [6.07, 6.45) is 0. The number of anilines is 1. The zero-order chi connectivity index (χ0) is 9.30. The van der Waals surface area contributed by atoms with Crippen molar-refractivity contribution in [3.05, 3.63) is 23.3 Å². The molecule has 0 aliphatic rings. The minimum Gasteiger partial charge on any atom is -0.506 e. The van der Waals surface area contributed by atoms with E-state index in [4.69, 9.17) is 5.73 Å². The van der Waals surface area contributed by atoms with Gasteiger partial charge in [0.15, 0.2) is 0 Å². The Kier molecular flexibility index (Phi) is 2.27. The Bertz CT molecular complexity index is 292. The molecular formula is C10H15NO. The molecule has 66 valence electrons. The summed E-state index contributed by atoms with van der Waals surface area (Å²) in [4.78, 5) is 0. The largest absolute Gasteiger partial charge is 0.506 e. The van der Waals surface area contributed by atoms with Crippen molar-refractivity contribution >= 4 is 5.69 Å². The third-order valence-electron chi connectivity index (χ3n) is 2.06. The zero-order valence-electron chi connectivity index (χ0n) is 7.76. The maximum absolute atomic E-state index is 9.35. The lowest BCUT2D eigenvalue weighted by molar-refractivity contribution is 0.477. The quantitative estimate of drug-likeness (QED) is 0.496. The van der Waals surface area contributed by atoms with Crippen LogP contribution in [-0.2, 0) is 0 Å². The fourth-order valence-electron chi connectivity index (χ4n) is 1.50. The average molecular weight is 165 g/mol. The molecule has 0 heterocycles. The number of nitrogens with two attached hydrogens (primary N) is 1. The number of hydrogen-bond acceptors (Lipinski definition) is 2. The first-order valence-electron chi connectivity index (χ1n) is 4.12. The van der Waals surface area contributed by atoms with E-state index in [1.54, 1.807) is 6.07 Å². The maximum Gasteiger partial charge on any atom is 0.138 e. The molecule has 0 aliphatic carbocycles. The lowest BCUT2D eigenvalue weighted by atomic mass is 9.96. The first kappa shape index (κ1) is 8.91. The van der Waals surface area contributed by atoms with Gasteiger partial charge in [-0.25, -0.2) is 0 Å². The second-order valence-corrected chi connectivity index (χ2v) is 3.38. The minimum atomic E-state index is 0.185. The van der Waals surface area contributed by atoms with Crippen LogP contribution in [0.4, 0.5) is 5.69 Å². The van der Waals surface area contributed by atoms with E-state index in [1.807, 2.05) is 13.0 Å². The summed E-state index contributed by atoms with van der Waals surface area (Å²) >= 11 is 0. The van der Waals surface area contributed by atoms with Crippen LogP contribution in [0.3, 0.4) is 0 Å². The van der Waals surface area contributed by atoms with Crippen LogP contribution in [0.15, 0.2) is 12.1 Å². The molecule has 12 heavy (non-hydrogen) atoms. The van der Waals surface area contributed by atoms with E-state index in [0.29, 0.717) is 11.6 Å². The van der Waals surface area contributed by atoms with Crippen LogP contribution in [0, 0.1) is 6.92 Å². The summed E-state index contributed by atoms with van der Waals surface area (Å²) < 4.78 is 0. The topological polar surface area (TPSA) is 46.2 Å². The molecule has 0 atom stereocenters. The van der Waals surface area contributed by atoms with Crippen molar-refractivity contribution in [2.45, 2.75) is 26.7 Å². The van der Waals surface area contributed by atoms with Gasteiger partial charge in [0.2, 0.25) is 0 Å². The Morgan fingerprint density at radius 3 is 2.33 bits per heavy atom. The number of benzene rings is 1. The van der Waals surface area contributed by atoms with Gasteiger partial charge in [0.25, 0.3) is 0 Å². The Morgan fingerprint density at radius 1 is 1.33 bits per heavy atom. The molecule has 0 spiro atoms. The summed E-state index contributed by atoms with van der Waals surface area (Å²) in [6, 6.07) is 3.53. The van der Waals surface area contributed by atoms with Crippen molar-refractivity contribution in [3.63, 3.8) is 0 Å². The van der Waals surface area contributed by atoms with Gasteiger partial charge in [-0.05, 0) is 30.0 Å². The summed E-state index contributed by atoms with van der Waals surface area (Å²) in [5.74, 6) is 0.543. The molecule has 0 fully saturated rings. The monoisotopic (exact) mass is 165 g/mol. The minimum absolute atomic E-state index is 0.185. The molecule has 3 N–H and O–H groups in total. The lowest BCUT2D eigenvalue weighted by Crippen LogP contribution is -1.99. The van der Waals surface area contributed by atoms with Crippen molar-refractivity contribution < 1.29 is 5.11 Å². The fourth-order valence-corrected chi connectivity index (χ4v) is 1.50. The van der Waals surface area contributed by atoms with Gasteiger partial charge < -0.3 is 10.8 Å². The molecule has 1 aromatic carbocycles. The van der Waals surface area contributed by atoms with Crippen LogP contribution in [0.2, 0.25) is 0 Å². The van der Waals surface area contributed by atoms with Crippen LogP contribution >= 0.6 is 0 Å². The van der Waals surface area contributed by atoms with Crippen molar-refractivity contribution in [2.24, 2.45) is 0 Å². The second-order valence-electron chi connectivity index (χ2n) is 3.38. The van der Waals surface area contributed by atoms with E-state index in [2.05, 4.69) is 13.8 Å². The standard InChI is InChI=1S/C10H15NO/c1-6(2)9-7(3)4-5-8(12)10(9)11/h4-6,12H,11H2,1-3H3. The number of phenolic OH excluding ortho intramolecular Hbond substituents is 1. The van der Waals surface area contributed by atoms with Gasteiger partial charge >= 0.3 is 0 Å². The second kappa shape index (κ2) is 3.05. The third kappa shape index (κ3) is 1.37. The fraction of sp³-hybridized carbons (Fsp3) is 0.400. The van der Waals surface area contributed by atoms with Gasteiger partial charge in [-0.3, -0.25) is 0 Å². The zero-order valence-corrected chi connectivity index (χ0v) is 7.76. The first-order chi connectivity index (χ1) is 5.54. The van der Waals surface area contributed by atoms with Gasteiger partial charge in [0, 0.05) is 0 Å². The van der Waals surface area contributed by atoms with E-state index < -0.39 is 0 Å². The number of phenols is 1. The highest BCUT2D eigenvalue weighted by atomic mass is 16.3. The SMILES string of the molecule is Cc1ccc(O)c(N)c1C(C)C. The number of aromatic hydroxyl groups is 1. The Morgan fingerprint density at radius 2 is 1.92 bits per heavy atom. The first-order valence-corrected chi connectivity index (χ1v) is 4.12.